The minimum absolute atomic E-state index is 0.0238. The van der Waals surface area contributed by atoms with Crippen LogP contribution in [0.3, 0.4) is 0 Å². The van der Waals surface area contributed by atoms with E-state index in [0.29, 0.717) is 61.0 Å². The number of nitrogens with zero attached hydrogens (tertiary/aromatic N) is 3. The van der Waals surface area contributed by atoms with Crippen molar-refractivity contribution < 1.29 is 23.4 Å². The number of hydrogen-bond acceptors (Lipinski definition) is 4. The van der Waals surface area contributed by atoms with Crippen LogP contribution in [0.5, 0.6) is 5.75 Å². The van der Waals surface area contributed by atoms with Gasteiger partial charge in [0.25, 0.3) is 5.91 Å². The SMILES string of the molecule is [C-]#[N+]c1cc(-c2ccc(C(=O)N3CCC[C@H](O)C3)c(F)c2)ccc1OCC1CCN(CC(C)(C)F)CC1. The van der Waals surface area contributed by atoms with Crippen LogP contribution < -0.4 is 4.74 Å². The van der Waals surface area contributed by atoms with Crippen molar-refractivity contribution in [3.8, 4) is 16.9 Å². The molecule has 6 nitrogen and oxygen atoms in total. The van der Waals surface area contributed by atoms with Gasteiger partial charge in [0.1, 0.15) is 17.2 Å². The quantitative estimate of drug-likeness (QED) is 0.501. The maximum absolute atomic E-state index is 14.9. The zero-order chi connectivity index (χ0) is 26.6. The molecule has 1 atom stereocenters. The molecule has 0 saturated carbocycles. The van der Waals surface area contributed by atoms with Crippen LogP contribution in [0, 0.1) is 18.3 Å². The highest BCUT2D eigenvalue weighted by Gasteiger charge is 2.27. The smallest absolute Gasteiger partial charge is 0.256 e. The zero-order valence-electron chi connectivity index (χ0n) is 21.6. The van der Waals surface area contributed by atoms with Gasteiger partial charge in [-0.2, -0.15) is 0 Å². The predicted octanol–water partition coefficient (Wildman–Crippen LogP) is 5.48. The van der Waals surface area contributed by atoms with E-state index >= 15 is 0 Å². The zero-order valence-corrected chi connectivity index (χ0v) is 21.6. The molecule has 2 aromatic rings. The van der Waals surface area contributed by atoms with Crippen molar-refractivity contribution in [2.45, 2.75) is 51.3 Å². The Hall–Kier alpha value is -3.02. The van der Waals surface area contributed by atoms with Gasteiger partial charge in [-0.15, -0.1) is 0 Å². The number of rotatable bonds is 7. The second kappa shape index (κ2) is 11.6. The molecule has 0 bridgehead atoms. The van der Waals surface area contributed by atoms with Gasteiger partial charge < -0.3 is 19.6 Å². The number of piperidine rings is 2. The topological polar surface area (TPSA) is 57.4 Å². The van der Waals surface area contributed by atoms with Gasteiger partial charge >= 0.3 is 0 Å². The number of benzene rings is 2. The Morgan fingerprint density at radius 3 is 2.49 bits per heavy atom. The highest BCUT2D eigenvalue weighted by molar-refractivity contribution is 5.95. The normalized spacial score (nSPS) is 19.5. The number of halogens is 2. The number of aliphatic hydroxyl groups is 1. The molecule has 0 spiro atoms. The molecule has 2 aromatic carbocycles. The van der Waals surface area contributed by atoms with E-state index in [9.17, 15) is 18.7 Å². The van der Waals surface area contributed by atoms with Crippen LogP contribution >= 0.6 is 0 Å². The van der Waals surface area contributed by atoms with Crippen molar-refractivity contribution in [1.82, 2.24) is 9.80 Å². The van der Waals surface area contributed by atoms with E-state index in [-0.39, 0.29) is 12.1 Å². The Labute approximate surface area is 217 Å². The molecule has 0 aromatic heterocycles. The highest BCUT2D eigenvalue weighted by atomic mass is 19.1. The minimum Gasteiger partial charge on any atom is -0.504 e. The Bertz CT molecular complexity index is 1150. The second-order valence-electron chi connectivity index (χ2n) is 10.8. The van der Waals surface area contributed by atoms with Gasteiger partial charge in [-0.05, 0) is 93.9 Å². The number of amides is 1. The van der Waals surface area contributed by atoms with Gasteiger partial charge in [-0.25, -0.2) is 13.6 Å². The van der Waals surface area contributed by atoms with Crippen molar-refractivity contribution >= 4 is 11.6 Å². The van der Waals surface area contributed by atoms with E-state index in [1.165, 1.54) is 17.0 Å². The number of carbonyl (C=O) groups is 1. The standard InChI is InChI=1S/C29H35F2N3O3/c1-29(2,31)19-33-13-10-20(11-14-33)18-37-27-9-7-22(16-26(27)32-3)21-6-8-24(25(30)15-21)28(36)34-12-4-5-23(35)17-34/h6-9,15-16,20,23,35H,4-5,10-14,17-19H2,1-2H3/t23-/m0/s1. The van der Waals surface area contributed by atoms with Crippen LogP contribution in [0.25, 0.3) is 16.0 Å². The maximum Gasteiger partial charge on any atom is 0.256 e. The summed E-state index contributed by atoms with van der Waals surface area (Å²) in [4.78, 5) is 20.0. The number of hydrogen-bond donors (Lipinski definition) is 1. The van der Waals surface area contributed by atoms with Crippen molar-refractivity contribution in [2.75, 3.05) is 39.3 Å². The average Bonchev–Trinajstić information content (AvgIpc) is 2.87. The van der Waals surface area contributed by atoms with Crippen LogP contribution in [0.4, 0.5) is 14.5 Å². The summed E-state index contributed by atoms with van der Waals surface area (Å²) in [7, 11) is 0. The fraction of sp³-hybridized carbons (Fsp3) is 0.517. The molecule has 2 heterocycles. The van der Waals surface area contributed by atoms with Gasteiger partial charge in [-0.1, -0.05) is 12.1 Å². The number of carbonyl (C=O) groups excluding carboxylic acids is 1. The summed E-state index contributed by atoms with van der Waals surface area (Å²) in [6, 6.07) is 9.64. The molecule has 0 radical (unpaired) electrons. The van der Waals surface area contributed by atoms with Gasteiger partial charge in [0.15, 0.2) is 0 Å². The van der Waals surface area contributed by atoms with Crippen molar-refractivity contribution in [3.05, 3.63) is 59.2 Å². The summed E-state index contributed by atoms with van der Waals surface area (Å²) in [5, 5.41) is 9.83. The molecule has 2 saturated heterocycles. The Morgan fingerprint density at radius 2 is 1.84 bits per heavy atom. The lowest BCUT2D eigenvalue weighted by Gasteiger charge is -2.34. The minimum atomic E-state index is -1.20. The fourth-order valence-electron chi connectivity index (χ4n) is 5.13. The third-order valence-corrected chi connectivity index (χ3v) is 7.08. The molecule has 4 rings (SSSR count). The van der Waals surface area contributed by atoms with Gasteiger partial charge in [0, 0.05) is 19.6 Å². The van der Waals surface area contributed by atoms with Crippen LogP contribution in [-0.4, -0.2) is 71.9 Å². The monoisotopic (exact) mass is 511 g/mol. The highest BCUT2D eigenvalue weighted by Crippen LogP contribution is 2.34. The summed E-state index contributed by atoms with van der Waals surface area (Å²) in [5.74, 6) is -0.221. The molecule has 2 aliphatic rings. The Morgan fingerprint density at radius 1 is 1.14 bits per heavy atom. The summed E-state index contributed by atoms with van der Waals surface area (Å²) in [6.07, 6.45) is 2.60. The van der Waals surface area contributed by atoms with Crippen LogP contribution in [0.1, 0.15) is 49.9 Å². The largest absolute Gasteiger partial charge is 0.504 e. The predicted molar refractivity (Wildman–Crippen MR) is 139 cm³/mol. The Kier molecular flexibility index (Phi) is 8.46. The summed E-state index contributed by atoms with van der Waals surface area (Å²) < 4.78 is 34.8. The second-order valence-corrected chi connectivity index (χ2v) is 10.8. The van der Waals surface area contributed by atoms with E-state index in [0.717, 1.165) is 25.9 Å². The third-order valence-electron chi connectivity index (χ3n) is 7.08. The lowest BCUT2D eigenvalue weighted by molar-refractivity contribution is 0.0470. The van der Waals surface area contributed by atoms with Gasteiger partial charge in [0.05, 0.1) is 24.8 Å². The van der Waals surface area contributed by atoms with Crippen LogP contribution in [0.2, 0.25) is 0 Å². The van der Waals surface area contributed by atoms with E-state index in [1.54, 1.807) is 38.1 Å². The van der Waals surface area contributed by atoms with Crippen molar-refractivity contribution in [2.24, 2.45) is 5.92 Å². The van der Waals surface area contributed by atoms with E-state index < -0.39 is 23.5 Å². The molecule has 2 aliphatic heterocycles. The van der Waals surface area contributed by atoms with E-state index in [4.69, 9.17) is 11.3 Å². The van der Waals surface area contributed by atoms with E-state index in [1.807, 2.05) is 0 Å². The lowest BCUT2D eigenvalue weighted by atomic mass is 9.96. The van der Waals surface area contributed by atoms with Gasteiger partial charge in [0.2, 0.25) is 5.69 Å². The number of aliphatic hydroxyl groups excluding tert-OH is 1. The summed E-state index contributed by atoms with van der Waals surface area (Å²) in [5.41, 5.74) is 0.339. The third kappa shape index (κ3) is 7.06. The molecule has 0 aliphatic carbocycles. The molecule has 37 heavy (non-hydrogen) atoms. The first-order valence-electron chi connectivity index (χ1n) is 13.0. The average molecular weight is 512 g/mol. The van der Waals surface area contributed by atoms with Crippen molar-refractivity contribution in [1.29, 1.82) is 0 Å². The summed E-state index contributed by atoms with van der Waals surface area (Å²) >= 11 is 0. The molecular formula is C29H35F2N3O3. The van der Waals surface area contributed by atoms with Crippen LogP contribution in [-0.2, 0) is 0 Å². The van der Waals surface area contributed by atoms with E-state index in [2.05, 4.69) is 9.74 Å². The number of ether oxygens (including phenoxy) is 1. The Balaban J connectivity index is 1.38. The molecule has 1 N–H and O–H groups in total. The molecule has 0 unspecified atom stereocenters. The molecule has 1 amide bonds. The maximum atomic E-state index is 14.9. The first kappa shape index (κ1) is 27.0. The lowest BCUT2D eigenvalue weighted by Crippen LogP contribution is -2.42. The number of β-amino-alcohol motifs (C(OH)–C–C–N with tert-alkyl or cyclic N) is 1. The first-order valence-corrected chi connectivity index (χ1v) is 13.0. The molecule has 2 fully saturated rings. The van der Waals surface area contributed by atoms with Crippen molar-refractivity contribution in [3.63, 3.8) is 0 Å². The number of likely N-dealkylation sites (tertiary alicyclic amines) is 2. The molecular weight excluding hydrogens is 476 g/mol. The summed E-state index contributed by atoms with van der Waals surface area (Å²) in [6.45, 7) is 14.1. The molecule has 8 heteroatoms. The van der Waals surface area contributed by atoms with Gasteiger partial charge in [-0.3, -0.25) is 4.79 Å². The number of alkyl halides is 1. The van der Waals surface area contributed by atoms with Crippen LogP contribution in [0.15, 0.2) is 36.4 Å². The fourth-order valence-corrected chi connectivity index (χ4v) is 5.13. The molecule has 198 valence electrons. The first-order chi connectivity index (χ1) is 17.6.